The molecule has 2 N–H and O–H groups in total. The van der Waals surface area contributed by atoms with Crippen LogP contribution in [-0.4, -0.2) is 29.7 Å². The Morgan fingerprint density at radius 1 is 1.32 bits per heavy atom. The quantitative estimate of drug-likeness (QED) is 0.844. The van der Waals surface area contributed by atoms with Gasteiger partial charge in [0.1, 0.15) is 11.2 Å². The van der Waals surface area contributed by atoms with E-state index in [9.17, 15) is 30.0 Å². The Hall–Kier alpha value is -1.66. The van der Waals surface area contributed by atoms with E-state index >= 15 is 0 Å². The zero-order chi connectivity index (χ0) is 16.8. The van der Waals surface area contributed by atoms with E-state index in [4.69, 9.17) is 0 Å². The molecule has 1 aliphatic rings. The SMILES string of the molecule is CCNS(=O)(=O)c1cc2c(cc1C(F)(F)F)NC=NS2(=O)=O. The monoisotopic (exact) mass is 357 g/mol. The van der Waals surface area contributed by atoms with Crippen molar-refractivity contribution in [3.05, 3.63) is 17.7 Å². The van der Waals surface area contributed by atoms with Gasteiger partial charge in [-0.1, -0.05) is 6.92 Å². The Morgan fingerprint density at radius 3 is 2.50 bits per heavy atom. The molecule has 1 aromatic carbocycles. The molecular formula is C10H10F3N3O4S2. The summed E-state index contributed by atoms with van der Waals surface area (Å²) in [4.78, 5) is -1.80. The third-order valence-electron chi connectivity index (χ3n) is 2.70. The average molecular weight is 357 g/mol. The summed E-state index contributed by atoms with van der Waals surface area (Å²) in [7, 11) is -8.78. The van der Waals surface area contributed by atoms with Crippen LogP contribution in [0.5, 0.6) is 0 Å². The zero-order valence-electron chi connectivity index (χ0n) is 11.0. The second kappa shape index (κ2) is 5.21. The molecule has 0 spiro atoms. The minimum absolute atomic E-state index is 0.153. The summed E-state index contributed by atoms with van der Waals surface area (Å²) in [5, 5.41) is 2.26. The lowest BCUT2D eigenvalue weighted by Gasteiger charge is -2.19. The Kier molecular flexibility index (Phi) is 3.96. The van der Waals surface area contributed by atoms with Gasteiger partial charge in [-0.15, -0.1) is 4.40 Å². The third-order valence-corrected chi connectivity index (χ3v) is 5.56. The molecule has 12 heteroatoms. The largest absolute Gasteiger partial charge is 0.417 e. The summed E-state index contributed by atoms with van der Waals surface area (Å²) in [5.41, 5.74) is -1.86. The van der Waals surface area contributed by atoms with Gasteiger partial charge in [-0.2, -0.15) is 21.6 Å². The predicted octanol–water partition coefficient (Wildman–Crippen LogP) is 1.15. The van der Waals surface area contributed by atoms with Crippen molar-refractivity contribution >= 4 is 32.1 Å². The predicted molar refractivity (Wildman–Crippen MR) is 71.6 cm³/mol. The molecule has 2 rings (SSSR count). The molecule has 0 bridgehead atoms. The standard InChI is InChI=1S/C10H10F3N3O4S2/c1-2-15-21(17,18)8-4-9-7(3-6(8)10(11,12)13)14-5-16-22(9,19)20/h3-5,15H,2H2,1H3,(H,14,16). The van der Waals surface area contributed by atoms with E-state index in [0.29, 0.717) is 12.1 Å². The van der Waals surface area contributed by atoms with Crippen molar-refractivity contribution in [2.45, 2.75) is 22.9 Å². The number of sulfonamides is 2. The second-order valence-corrected chi connectivity index (χ2v) is 7.53. The van der Waals surface area contributed by atoms with E-state index in [1.165, 1.54) is 6.92 Å². The lowest BCUT2D eigenvalue weighted by atomic mass is 10.2. The number of fused-ring (bicyclic) bond motifs is 1. The number of hydrogen-bond acceptors (Lipinski definition) is 5. The van der Waals surface area contributed by atoms with Gasteiger partial charge in [-0.3, -0.25) is 0 Å². The molecule has 1 heterocycles. The molecule has 122 valence electrons. The normalized spacial score (nSPS) is 16.9. The fourth-order valence-electron chi connectivity index (χ4n) is 1.82. The summed E-state index contributed by atoms with van der Waals surface area (Å²) < 4.78 is 91.6. The Balaban J connectivity index is 2.83. The van der Waals surface area contributed by atoms with Crippen LogP contribution in [0.1, 0.15) is 12.5 Å². The minimum Gasteiger partial charge on any atom is -0.345 e. The van der Waals surface area contributed by atoms with Crippen molar-refractivity contribution in [2.24, 2.45) is 4.40 Å². The molecule has 1 aromatic rings. The summed E-state index contributed by atoms with van der Waals surface area (Å²) in [6.45, 7) is 1.23. The molecule has 0 atom stereocenters. The van der Waals surface area contributed by atoms with Gasteiger partial charge in [-0.25, -0.2) is 13.1 Å². The van der Waals surface area contributed by atoms with Crippen LogP contribution in [0.4, 0.5) is 18.9 Å². The second-order valence-electron chi connectivity index (χ2n) is 4.20. The van der Waals surface area contributed by atoms with Crippen LogP contribution in [0.25, 0.3) is 0 Å². The van der Waals surface area contributed by atoms with Crippen molar-refractivity contribution < 1.29 is 30.0 Å². The van der Waals surface area contributed by atoms with Crippen LogP contribution in [0.2, 0.25) is 0 Å². The molecule has 0 unspecified atom stereocenters. The number of nitrogens with one attached hydrogen (secondary N) is 2. The van der Waals surface area contributed by atoms with Crippen molar-refractivity contribution in [3.63, 3.8) is 0 Å². The van der Waals surface area contributed by atoms with E-state index in [0.717, 1.165) is 6.34 Å². The first-order valence-corrected chi connectivity index (χ1v) is 8.71. The van der Waals surface area contributed by atoms with Crippen LogP contribution >= 0.6 is 0 Å². The maximum Gasteiger partial charge on any atom is 0.417 e. The molecular weight excluding hydrogens is 347 g/mol. The van der Waals surface area contributed by atoms with Crippen molar-refractivity contribution in [2.75, 3.05) is 11.9 Å². The highest BCUT2D eigenvalue weighted by Gasteiger charge is 2.39. The van der Waals surface area contributed by atoms with Crippen molar-refractivity contribution in [3.8, 4) is 0 Å². The van der Waals surface area contributed by atoms with Crippen molar-refractivity contribution in [1.29, 1.82) is 0 Å². The van der Waals surface area contributed by atoms with Crippen molar-refractivity contribution in [1.82, 2.24) is 4.72 Å². The van der Waals surface area contributed by atoms with E-state index in [-0.39, 0.29) is 6.54 Å². The first-order chi connectivity index (χ1) is 9.99. The lowest BCUT2D eigenvalue weighted by Crippen LogP contribution is -2.27. The van der Waals surface area contributed by atoms with Crippen LogP contribution in [0.15, 0.2) is 26.3 Å². The highest BCUT2D eigenvalue weighted by molar-refractivity contribution is 7.91. The molecule has 7 nitrogen and oxygen atoms in total. The number of rotatable bonds is 3. The van der Waals surface area contributed by atoms with E-state index < -0.39 is 47.3 Å². The average Bonchev–Trinajstić information content (AvgIpc) is 2.36. The summed E-state index contributed by atoms with van der Waals surface area (Å²) in [6, 6.07) is 0.886. The number of nitrogens with zero attached hydrogens (tertiary/aromatic N) is 1. The van der Waals surface area contributed by atoms with Gasteiger partial charge in [0, 0.05) is 6.54 Å². The number of anilines is 1. The number of hydrogen-bond donors (Lipinski definition) is 2. The van der Waals surface area contributed by atoms with Gasteiger partial charge in [0.15, 0.2) is 0 Å². The minimum atomic E-state index is -4.98. The maximum atomic E-state index is 13.1. The zero-order valence-corrected chi connectivity index (χ0v) is 12.6. The van der Waals surface area contributed by atoms with E-state index in [1.54, 1.807) is 0 Å². The first kappa shape index (κ1) is 16.7. The van der Waals surface area contributed by atoms with Crippen LogP contribution in [0, 0.1) is 0 Å². The Labute approximate surface area is 124 Å². The van der Waals surface area contributed by atoms with Crippen LogP contribution in [-0.2, 0) is 26.2 Å². The molecule has 0 amide bonds. The number of halogens is 3. The molecule has 1 aliphatic heterocycles. The maximum absolute atomic E-state index is 13.1. The van der Waals surface area contributed by atoms with Gasteiger partial charge in [0.05, 0.1) is 16.1 Å². The summed E-state index contributed by atoms with van der Waals surface area (Å²) in [6.07, 6.45) is -4.26. The molecule has 0 fully saturated rings. The smallest absolute Gasteiger partial charge is 0.345 e. The van der Waals surface area contributed by atoms with Crippen LogP contribution < -0.4 is 10.0 Å². The van der Waals surface area contributed by atoms with Gasteiger partial charge >= 0.3 is 6.18 Å². The molecule has 22 heavy (non-hydrogen) atoms. The van der Waals surface area contributed by atoms with Gasteiger partial charge in [0.2, 0.25) is 10.0 Å². The Morgan fingerprint density at radius 2 is 1.95 bits per heavy atom. The molecule has 0 saturated carbocycles. The summed E-state index contributed by atoms with van der Waals surface area (Å²) in [5.74, 6) is 0. The highest BCUT2D eigenvalue weighted by atomic mass is 32.2. The summed E-state index contributed by atoms with van der Waals surface area (Å²) >= 11 is 0. The van der Waals surface area contributed by atoms with Gasteiger partial charge in [-0.05, 0) is 12.1 Å². The first-order valence-electron chi connectivity index (χ1n) is 5.79. The topological polar surface area (TPSA) is 105 Å². The lowest BCUT2D eigenvalue weighted by molar-refractivity contribution is -0.139. The van der Waals surface area contributed by atoms with Crippen LogP contribution in [0.3, 0.4) is 0 Å². The fourth-order valence-corrected chi connectivity index (χ4v) is 4.14. The molecule has 0 aromatic heterocycles. The highest BCUT2D eigenvalue weighted by Crippen LogP contribution is 2.39. The van der Waals surface area contributed by atoms with E-state index in [1.807, 2.05) is 4.72 Å². The molecule has 0 saturated heterocycles. The number of alkyl halides is 3. The third kappa shape index (κ3) is 2.94. The van der Waals surface area contributed by atoms with Gasteiger partial charge in [0.25, 0.3) is 10.0 Å². The molecule has 0 radical (unpaired) electrons. The Bertz CT molecular complexity index is 845. The van der Waals surface area contributed by atoms with Gasteiger partial charge < -0.3 is 5.32 Å². The van der Waals surface area contributed by atoms with E-state index in [2.05, 4.69) is 9.71 Å². The number of benzene rings is 1. The molecule has 0 aliphatic carbocycles. The fraction of sp³-hybridized carbons (Fsp3) is 0.300.